The summed E-state index contributed by atoms with van der Waals surface area (Å²) in [4.78, 5) is 45.8. The molecule has 17 heteroatoms. The lowest BCUT2D eigenvalue weighted by Gasteiger charge is -2.19. The normalized spacial score (nSPS) is 16.2. The molecule has 2 aliphatic heterocycles. The number of carboxylic acid groups (broad SMARTS) is 2. The fraction of sp³-hybridized carbons (Fsp3) is 0.412. The Labute approximate surface area is 322 Å². The van der Waals surface area contributed by atoms with Crippen molar-refractivity contribution in [2.24, 2.45) is 0 Å². The number of rotatable bonds is 22. The standard InChI is InChI=1S/C34H38O11S6/c35-29(36)9-11-31(39)44-27(19-46-21-33-48-13-14-49-33)17-41-23-1-5-25(6-2-23)43-26-7-3-24(4-8-26)42-18-28(45-32(40)12-10-30(37)38)20-47-22-34-50-15-16-51-34/h1-12,27-28,33-34H,13-22H2,(H,35,36)(H,37,38)/b11-9-,12-10-. The lowest BCUT2D eigenvalue weighted by Crippen LogP contribution is -2.27. The van der Waals surface area contributed by atoms with E-state index in [9.17, 15) is 19.2 Å². The van der Waals surface area contributed by atoms with E-state index in [1.165, 1.54) is 0 Å². The average molecular weight is 815 g/mol. The van der Waals surface area contributed by atoms with Crippen molar-refractivity contribution in [3.63, 3.8) is 0 Å². The van der Waals surface area contributed by atoms with Crippen LogP contribution in [0.1, 0.15) is 0 Å². The van der Waals surface area contributed by atoms with Gasteiger partial charge in [0.25, 0.3) is 0 Å². The molecule has 0 aromatic heterocycles. The second kappa shape index (κ2) is 23.1. The van der Waals surface area contributed by atoms with Gasteiger partial charge in [-0.2, -0.15) is 23.5 Å². The number of hydrogen-bond acceptors (Lipinski definition) is 15. The van der Waals surface area contributed by atoms with Crippen LogP contribution in [0.25, 0.3) is 0 Å². The highest BCUT2D eigenvalue weighted by atomic mass is 32.2. The number of carbonyl (C=O) groups excluding carboxylic acids is 2. The van der Waals surface area contributed by atoms with Gasteiger partial charge in [0.1, 0.15) is 48.4 Å². The number of aliphatic carboxylic acids is 2. The summed E-state index contributed by atoms with van der Waals surface area (Å²) >= 11 is 11.0. The molecule has 2 aliphatic rings. The van der Waals surface area contributed by atoms with Crippen LogP contribution in [0.3, 0.4) is 0 Å². The second-order valence-corrected chi connectivity index (χ2v) is 18.5. The Bertz CT molecular complexity index is 1350. The zero-order valence-electron chi connectivity index (χ0n) is 27.3. The number of hydrogen-bond donors (Lipinski definition) is 2. The van der Waals surface area contributed by atoms with Crippen LogP contribution in [0.5, 0.6) is 23.0 Å². The maximum atomic E-state index is 12.1. The van der Waals surface area contributed by atoms with Gasteiger partial charge in [0.05, 0.1) is 9.16 Å². The van der Waals surface area contributed by atoms with Crippen molar-refractivity contribution in [1.29, 1.82) is 0 Å². The molecule has 11 nitrogen and oxygen atoms in total. The van der Waals surface area contributed by atoms with Gasteiger partial charge in [-0.25, -0.2) is 19.2 Å². The molecule has 0 spiro atoms. The van der Waals surface area contributed by atoms with Crippen molar-refractivity contribution in [2.75, 3.05) is 59.2 Å². The average Bonchev–Trinajstić information content (AvgIpc) is 3.84. The summed E-state index contributed by atoms with van der Waals surface area (Å²) in [6.45, 7) is 0.200. The quantitative estimate of drug-likeness (QED) is 0.0991. The van der Waals surface area contributed by atoms with Gasteiger partial charge in [-0.05, 0) is 48.5 Å². The summed E-state index contributed by atoms with van der Waals surface area (Å²) < 4.78 is 29.7. The summed E-state index contributed by atoms with van der Waals surface area (Å²) in [5.74, 6) is 5.68. The van der Waals surface area contributed by atoms with E-state index in [4.69, 9.17) is 33.9 Å². The highest BCUT2D eigenvalue weighted by molar-refractivity contribution is 8.21. The Morgan fingerprint density at radius 1 is 0.608 bits per heavy atom. The molecule has 0 aliphatic carbocycles. The largest absolute Gasteiger partial charge is 0.490 e. The van der Waals surface area contributed by atoms with Gasteiger partial charge in [0, 0.05) is 70.3 Å². The monoisotopic (exact) mass is 814 g/mol. The number of ether oxygens (including phenoxy) is 5. The van der Waals surface area contributed by atoms with Crippen LogP contribution in [0.4, 0.5) is 0 Å². The Hall–Kier alpha value is -2.70. The van der Waals surface area contributed by atoms with Crippen molar-refractivity contribution in [2.45, 2.75) is 21.4 Å². The molecule has 2 heterocycles. The van der Waals surface area contributed by atoms with Crippen molar-refractivity contribution in [1.82, 2.24) is 0 Å². The third-order valence-corrected chi connectivity index (χ3v) is 15.8. The van der Waals surface area contributed by atoms with E-state index in [1.807, 2.05) is 47.0 Å². The van der Waals surface area contributed by atoms with Crippen LogP contribution in [0.15, 0.2) is 72.8 Å². The minimum Gasteiger partial charge on any atom is -0.490 e. The van der Waals surface area contributed by atoms with Crippen molar-refractivity contribution >= 4 is 94.4 Å². The van der Waals surface area contributed by atoms with Gasteiger partial charge in [-0.3, -0.25) is 0 Å². The third kappa shape index (κ3) is 17.1. The molecule has 276 valence electrons. The van der Waals surface area contributed by atoms with Gasteiger partial charge in [0.15, 0.2) is 0 Å². The zero-order valence-corrected chi connectivity index (χ0v) is 32.2. The molecule has 2 aromatic carbocycles. The van der Waals surface area contributed by atoms with Crippen molar-refractivity contribution < 1.29 is 53.1 Å². The minimum absolute atomic E-state index is 0.0999. The van der Waals surface area contributed by atoms with Crippen LogP contribution in [-0.4, -0.2) is 115 Å². The highest BCUT2D eigenvalue weighted by Crippen LogP contribution is 2.35. The van der Waals surface area contributed by atoms with Crippen LogP contribution >= 0.6 is 70.6 Å². The Kier molecular flexibility index (Phi) is 18.6. The van der Waals surface area contributed by atoms with Gasteiger partial charge in [-0.15, -0.1) is 47.0 Å². The SMILES string of the molecule is O=C(O)/C=C\C(=O)OC(COc1ccc(Oc2ccc(OCC(CSCC3SCCS3)OC(=O)/C=C\C(=O)O)cc2)cc1)CSCC1SCCS1. The summed E-state index contributed by atoms with van der Waals surface area (Å²) in [7, 11) is 0. The van der Waals surface area contributed by atoms with Crippen LogP contribution in [0, 0.1) is 0 Å². The maximum absolute atomic E-state index is 12.1. The first-order valence-corrected chi connectivity index (χ1v) is 22.2. The van der Waals surface area contributed by atoms with E-state index >= 15 is 0 Å². The Morgan fingerprint density at radius 3 is 1.31 bits per heavy atom. The maximum Gasteiger partial charge on any atom is 0.331 e. The molecule has 4 rings (SSSR count). The number of carbonyl (C=O) groups is 4. The molecule has 2 N–H and O–H groups in total. The lowest BCUT2D eigenvalue weighted by molar-refractivity contribution is -0.144. The van der Waals surface area contributed by atoms with E-state index in [1.54, 1.807) is 72.1 Å². The van der Waals surface area contributed by atoms with Crippen molar-refractivity contribution in [3.8, 4) is 23.0 Å². The van der Waals surface area contributed by atoms with E-state index in [2.05, 4.69) is 0 Å². The molecule has 2 saturated heterocycles. The summed E-state index contributed by atoms with van der Waals surface area (Å²) in [5.41, 5.74) is 0. The Balaban J connectivity index is 1.24. The first kappa shape index (κ1) is 41.1. The van der Waals surface area contributed by atoms with Crippen LogP contribution in [0.2, 0.25) is 0 Å². The van der Waals surface area contributed by atoms with Crippen LogP contribution < -0.4 is 14.2 Å². The zero-order chi connectivity index (χ0) is 36.3. The highest BCUT2D eigenvalue weighted by Gasteiger charge is 2.21. The number of esters is 2. The molecule has 0 bridgehead atoms. The summed E-state index contributed by atoms with van der Waals surface area (Å²) in [6, 6.07) is 14.0. The van der Waals surface area contributed by atoms with E-state index in [0.29, 0.717) is 43.7 Å². The number of benzene rings is 2. The number of thioether (sulfide) groups is 6. The fourth-order valence-corrected chi connectivity index (χ4v) is 13.0. The van der Waals surface area contributed by atoms with E-state index in [0.717, 1.165) is 58.8 Å². The molecule has 0 saturated carbocycles. The molecular weight excluding hydrogens is 777 g/mol. The molecule has 0 radical (unpaired) electrons. The molecule has 51 heavy (non-hydrogen) atoms. The summed E-state index contributed by atoms with van der Waals surface area (Å²) in [6.07, 6.45) is 2.14. The first-order chi connectivity index (χ1) is 24.7. The van der Waals surface area contributed by atoms with Crippen molar-refractivity contribution in [3.05, 3.63) is 72.8 Å². The first-order valence-electron chi connectivity index (χ1n) is 15.7. The lowest BCUT2D eigenvalue weighted by atomic mass is 10.3. The van der Waals surface area contributed by atoms with E-state index < -0.39 is 36.1 Å². The van der Waals surface area contributed by atoms with Gasteiger partial charge >= 0.3 is 23.9 Å². The topological polar surface area (TPSA) is 155 Å². The van der Waals surface area contributed by atoms with Crippen LogP contribution in [-0.2, 0) is 28.7 Å². The third-order valence-electron chi connectivity index (χ3n) is 6.54. The molecule has 2 unspecified atom stereocenters. The second-order valence-electron chi connectivity index (χ2n) is 10.5. The smallest absolute Gasteiger partial charge is 0.331 e. The molecular formula is C34H38O11S6. The minimum atomic E-state index is -1.23. The molecule has 2 fully saturated rings. The van der Waals surface area contributed by atoms with E-state index in [-0.39, 0.29) is 13.2 Å². The Morgan fingerprint density at radius 2 is 0.961 bits per heavy atom. The summed E-state index contributed by atoms with van der Waals surface area (Å²) in [5, 5.41) is 17.6. The van der Waals surface area contributed by atoms with Gasteiger partial charge < -0.3 is 33.9 Å². The molecule has 0 amide bonds. The predicted molar refractivity (Wildman–Crippen MR) is 209 cm³/mol. The molecule has 2 aromatic rings. The van der Waals surface area contributed by atoms with Gasteiger partial charge in [-0.1, -0.05) is 0 Å². The van der Waals surface area contributed by atoms with Gasteiger partial charge in [0.2, 0.25) is 0 Å². The predicted octanol–water partition coefficient (Wildman–Crippen LogP) is 6.42. The molecule has 2 atom stereocenters. The fourth-order valence-electron chi connectivity index (χ4n) is 4.24. The number of carboxylic acids is 2.